The number of benzene rings is 1. The van der Waals surface area contributed by atoms with E-state index in [1.54, 1.807) is 9.25 Å². The van der Waals surface area contributed by atoms with E-state index in [4.69, 9.17) is 0 Å². The first-order chi connectivity index (χ1) is 14.2. The molecule has 1 aliphatic heterocycles. The van der Waals surface area contributed by atoms with Gasteiger partial charge >= 0.3 is 5.69 Å². The summed E-state index contributed by atoms with van der Waals surface area (Å²) in [6, 6.07) is 13.8. The Kier molecular flexibility index (Phi) is 5.64. The van der Waals surface area contributed by atoms with Gasteiger partial charge in [-0.1, -0.05) is 30.3 Å². The van der Waals surface area contributed by atoms with Crippen molar-refractivity contribution < 1.29 is 4.79 Å². The summed E-state index contributed by atoms with van der Waals surface area (Å²) in [7, 11) is 0. The molecule has 3 aromatic rings. The van der Waals surface area contributed by atoms with Gasteiger partial charge in [-0.2, -0.15) is 5.10 Å². The highest BCUT2D eigenvalue weighted by Gasteiger charge is 2.28. The van der Waals surface area contributed by atoms with Gasteiger partial charge in [0.1, 0.15) is 12.4 Å². The highest BCUT2D eigenvalue weighted by molar-refractivity contribution is 5.76. The second kappa shape index (κ2) is 8.51. The molecule has 1 aromatic carbocycles. The number of carbonyl (C=O) groups is 1. The van der Waals surface area contributed by atoms with Crippen LogP contribution in [0.4, 0.5) is 0 Å². The summed E-state index contributed by atoms with van der Waals surface area (Å²) in [5.74, 6) is 1.20. The Hall–Kier alpha value is -3.09. The van der Waals surface area contributed by atoms with Crippen molar-refractivity contribution in [3.8, 4) is 0 Å². The number of hydrogen-bond donors (Lipinski definition) is 0. The van der Waals surface area contributed by atoms with E-state index in [1.807, 2.05) is 71.2 Å². The maximum absolute atomic E-state index is 12.8. The van der Waals surface area contributed by atoms with Gasteiger partial charge in [-0.05, 0) is 37.5 Å². The Morgan fingerprint density at radius 1 is 1.07 bits per heavy atom. The zero-order valence-electron chi connectivity index (χ0n) is 16.8. The van der Waals surface area contributed by atoms with Gasteiger partial charge in [-0.3, -0.25) is 9.36 Å². The molecular formula is C22H27N5O2. The molecule has 0 spiro atoms. The summed E-state index contributed by atoms with van der Waals surface area (Å²) < 4.78 is 5.25. The number of hydrogen-bond acceptors (Lipinski definition) is 3. The Labute approximate surface area is 170 Å². The summed E-state index contributed by atoms with van der Waals surface area (Å²) >= 11 is 0. The highest BCUT2D eigenvalue weighted by Crippen LogP contribution is 2.26. The summed E-state index contributed by atoms with van der Waals surface area (Å²) in [5.41, 5.74) is 1.00. The van der Waals surface area contributed by atoms with Crippen LogP contribution in [0.3, 0.4) is 0 Å². The zero-order chi connectivity index (χ0) is 20.2. The van der Waals surface area contributed by atoms with Crippen LogP contribution < -0.4 is 5.69 Å². The molecular weight excluding hydrogens is 366 g/mol. The van der Waals surface area contributed by atoms with Crippen LogP contribution in [0.1, 0.15) is 37.1 Å². The third kappa shape index (κ3) is 4.18. The lowest BCUT2D eigenvalue weighted by molar-refractivity contribution is -0.132. The fourth-order valence-corrected chi connectivity index (χ4v) is 4.04. The lowest BCUT2D eigenvalue weighted by Crippen LogP contribution is -2.40. The summed E-state index contributed by atoms with van der Waals surface area (Å²) in [6.07, 6.45) is 5.48. The standard InChI is InChI=1S/C22H27N5O2/c1-2-26-21(23-27(22(26)29)16-18-8-4-3-5-9-18)19-10-14-25(15-11-19)20(28)17-24-12-6-7-13-24/h3-9,12-13,19H,2,10-11,14-17H2,1H3. The van der Waals surface area contributed by atoms with Gasteiger partial charge in [0.15, 0.2) is 0 Å². The van der Waals surface area contributed by atoms with E-state index in [9.17, 15) is 9.59 Å². The molecule has 7 heteroatoms. The van der Waals surface area contributed by atoms with Gasteiger partial charge in [0.25, 0.3) is 0 Å². The molecule has 7 nitrogen and oxygen atoms in total. The SMILES string of the molecule is CCn1c(C2CCN(C(=O)Cn3cccc3)CC2)nn(Cc2ccccc2)c1=O. The van der Waals surface area contributed by atoms with Gasteiger partial charge in [-0.15, -0.1) is 0 Å². The molecule has 1 saturated heterocycles. The summed E-state index contributed by atoms with van der Waals surface area (Å²) in [4.78, 5) is 27.3. The minimum absolute atomic E-state index is 0.0579. The van der Waals surface area contributed by atoms with Gasteiger partial charge in [-0.25, -0.2) is 9.48 Å². The van der Waals surface area contributed by atoms with Crippen molar-refractivity contribution in [2.75, 3.05) is 13.1 Å². The Morgan fingerprint density at radius 2 is 1.76 bits per heavy atom. The van der Waals surface area contributed by atoms with Crippen LogP contribution >= 0.6 is 0 Å². The largest absolute Gasteiger partial charge is 0.346 e. The zero-order valence-corrected chi connectivity index (χ0v) is 16.8. The van der Waals surface area contributed by atoms with Crippen LogP contribution in [0.15, 0.2) is 59.7 Å². The second-order valence-electron chi connectivity index (χ2n) is 7.54. The molecule has 0 atom stereocenters. The van der Waals surface area contributed by atoms with Gasteiger partial charge in [0.05, 0.1) is 6.54 Å². The summed E-state index contributed by atoms with van der Waals surface area (Å²) in [6.45, 7) is 4.85. The second-order valence-corrected chi connectivity index (χ2v) is 7.54. The van der Waals surface area contributed by atoms with E-state index in [-0.39, 0.29) is 17.5 Å². The molecule has 0 saturated carbocycles. The molecule has 1 amide bonds. The monoisotopic (exact) mass is 393 g/mol. The fraction of sp³-hybridized carbons (Fsp3) is 0.409. The number of rotatable bonds is 6. The molecule has 0 radical (unpaired) electrons. The van der Waals surface area contributed by atoms with Crippen molar-refractivity contribution >= 4 is 5.91 Å². The van der Waals surface area contributed by atoms with E-state index in [1.165, 1.54) is 0 Å². The van der Waals surface area contributed by atoms with E-state index in [2.05, 4.69) is 5.10 Å². The topological polar surface area (TPSA) is 65.1 Å². The number of carbonyl (C=O) groups excluding carboxylic acids is 1. The van der Waals surface area contributed by atoms with Gasteiger partial charge in [0, 0.05) is 37.9 Å². The third-order valence-corrected chi connectivity index (χ3v) is 5.64. The van der Waals surface area contributed by atoms with Crippen LogP contribution in [0.2, 0.25) is 0 Å². The van der Waals surface area contributed by atoms with Crippen LogP contribution in [-0.4, -0.2) is 42.8 Å². The maximum atomic E-state index is 12.8. The molecule has 3 heterocycles. The van der Waals surface area contributed by atoms with Crippen molar-refractivity contribution in [2.45, 2.75) is 45.3 Å². The van der Waals surface area contributed by atoms with E-state index >= 15 is 0 Å². The molecule has 1 aliphatic rings. The smallest absolute Gasteiger partial charge is 0.345 e. The first-order valence-electron chi connectivity index (χ1n) is 10.3. The molecule has 2 aromatic heterocycles. The normalized spacial score (nSPS) is 15.0. The molecule has 29 heavy (non-hydrogen) atoms. The van der Waals surface area contributed by atoms with Gasteiger partial charge < -0.3 is 9.47 Å². The lowest BCUT2D eigenvalue weighted by atomic mass is 9.96. The molecule has 152 valence electrons. The van der Waals surface area contributed by atoms with Crippen LogP contribution in [-0.2, 0) is 24.4 Å². The molecule has 0 unspecified atom stereocenters. The molecule has 0 bridgehead atoms. The maximum Gasteiger partial charge on any atom is 0.346 e. The van der Waals surface area contributed by atoms with E-state index in [0.717, 1.165) is 24.2 Å². The minimum Gasteiger partial charge on any atom is -0.345 e. The Bertz CT molecular complexity index is 996. The quantitative estimate of drug-likeness (QED) is 0.646. The predicted octanol–water partition coefficient (Wildman–Crippen LogP) is 2.32. The van der Waals surface area contributed by atoms with E-state index < -0.39 is 0 Å². The number of piperidine rings is 1. The minimum atomic E-state index is -0.0579. The van der Waals surface area contributed by atoms with Crippen LogP contribution in [0.5, 0.6) is 0 Å². The number of nitrogens with zero attached hydrogens (tertiary/aromatic N) is 5. The number of amides is 1. The van der Waals surface area contributed by atoms with Crippen molar-refractivity contribution in [1.29, 1.82) is 0 Å². The van der Waals surface area contributed by atoms with Crippen LogP contribution in [0, 0.1) is 0 Å². The number of likely N-dealkylation sites (tertiary alicyclic amines) is 1. The molecule has 0 aliphatic carbocycles. The highest BCUT2D eigenvalue weighted by atomic mass is 16.2. The Morgan fingerprint density at radius 3 is 2.41 bits per heavy atom. The summed E-state index contributed by atoms with van der Waals surface area (Å²) in [5, 5.41) is 4.69. The predicted molar refractivity (Wildman–Crippen MR) is 111 cm³/mol. The van der Waals surface area contributed by atoms with E-state index in [0.29, 0.717) is 32.7 Å². The van der Waals surface area contributed by atoms with Crippen molar-refractivity contribution in [3.63, 3.8) is 0 Å². The average Bonchev–Trinajstić information content (AvgIpc) is 3.37. The Balaban J connectivity index is 1.44. The van der Waals surface area contributed by atoms with Crippen molar-refractivity contribution in [2.24, 2.45) is 0 Å². The first-order valence-corrected chi connectivity index (χ1v) is 10.3. The average molecular weight is 393 g/mol. The van der Waals surface area contributed by atoms with Crippen LogP contribution in [0.25, 0.3) is 0 Å². The molecule has 1 fully saturated rings. The lowest BCUT2D eigenvalue weighted by Gasteiger charge is -2.31. The third-order valence-electron chi connectivity index (χ3n) is 5.64. The fourth-order valence-electron chi connectivity index (χ4n) is 4.04. The van der Waals surface area contributed by atoms with Gasteiger partial charge in [0.2, 0.25) is 5.91 Å². The number of aromatic nitrogens is 4. The molecule has 0 N–H and O–H groups in total. The van der Waals surface area contributed by atoms with Crippen molar-refractivity contribution in [3.05, 3.63) is 76.7 Å². The first kappa shape index (κ1) is 19.2. The van der Waals surface area contributed by atoms with Crippen molar-refractivity contribution in [1.82, 2.24) is 23.8 Å². The molecule has 4 rings (SSSR count).